The van der Waals surface area contributed by atoms with Gasteiger partial charge < -0.3 is 4.74 Å². The van der Waals surface area contributed by atoms with E-state index in [0.717, 1.165) is 18.6 Å². The van der Waals surface area contributed by atoms with Gasteiger partial charge in [0.2, 0.25) is 10.0 Å². The number of hydrogen-bond acceptors (Lipinski definition) is 3. The molecule has 3 rings (SSSR count). The summed E-state index contributed by atoms with van der Waals surface area (Å²) in [6, 6.07) is 16.3. The molecule has 0 unspecified atom stereocenters. The summed E-state index contributed by atoms with van der Waals surface area (Å²) in [7, 11) is -3.52. The number of ether oxygens (including phenoxy) is 1. The molecule has 0 amide bonds. The minimum absolute atomic E-state index is 0.186. The van der Waals surface area contributed by atoms with Crippen LogP contribution in [0.15, 0.2) is 59.5 Å². The molecule has 0 aliphatic carbocycles. The van der Waals surface area contributed by atoms with Crippen molar-refractivity contribution in [1.82, 2.24) is 4.31 Å². The van der Waals surface area contributed by atoms with Gasteiger partial charge in [-0.25, -0.2) is 8.42 Å². The van der Waals surface area contributed by atoms with Gasteiger partial charge >= 0.3 is 0 Å². The zero-order valence-electron chi connectivity index (χ0n) is 13.3. The van der Waals surface area contributed by atoms with Crippen molar-refractivity contribution in [3.05, 3.63) is 59.6 Å². The Hall–Kier alpha value is -1.56. The quantitative estimate of drug-likeness (QED) is 0.809. The molecule has 24 heavy (non-hydrogen) atoms. The lowest BCUT2D eigenvalue weighted by molar-refractivity contribution is 0.185. The van der Waals surface area contributed by atoms with Gasteiger partial charge in [0.15, 0.2) is 0 Å². The van der Waals surface area contributed by atoms with E-state index in [1.807, 2.05) is 30.3 Å². The Labute approximate surface area is 148 Å². The second-order valence-electron chi connectivity index (χ2n) is 5.90. The highest BCUT2D eigenvalue weighted by atomic mass is 35.5. The molecule has 0 bridgehead atoms. The van der Waals surface area contributed by atoms with Crippen molar-refractivity contribution in [3.8, 4) is 5.75 Å². The van der Waals surface area contributed by atoms with Crippen LogP contribution in [0.1, 0.15) is 12.8 Å². The van der Waals surface area contributed by atoms with Crippen LogP contribution in [-0.2, 0) is 10.0 Å². The van der Waals surface area contributed by atoms with E-state index >= 15 is 0 Å². The van der Waals surface area contributed by atoms with Crippen molar-refractivity contribution in [2.75, 3.05) is 19.7 Å². The Morgan fingerprint density at radius 3 is 2.29 bits per heavy atom. The molecule has 0 aromatic heterocycles. The standard InChI is InChI=1S/C18H20ClNO3S/c19-17-8-4-5-9-18(17)24(21,22)20-12-10-15(11-13-20)14-23-16-6-2-1-3-7-16/h1-9,15H,10-14H2. The van der Waals surface area contributed by atoms with Crippen LogP contribution in [0.5, 0.6) is 5.75 Å². The Morgan fingerprint density at radius 1 is 1.00 bits per heavy atom. The fourth-order valence-electron chi connectivity index (χ4n) is 2.84. The van der Waals surface area contributed by atoms with Gasteiger partial charge in [0.05, 0.1) is 11.6 Å². The summed E-state index contributed by atoms with van der Waals surface area (Å²) in [5.41, 5.74) is 0. The summed E-state index contributed by atoms with van der Waals surface area (Å²) in [5.74, 6) is 1.21. The van der Waals surface area contributed by atoms with E-state index in [0.29, 0.717) is 25.6 Å². The summed E-state index contributed by atoms with van der Waals surface area (Å²) < 4.78 is 32.7. The Balaban J connectivity index is 1.58. The molecule has 2 aromatic rings. The molecule has 0 N–H and O–H groups in total. The number of sulfonamides is 1. The molecule has 1 aliphatic heterocycles. The first-order valence-electron chi connectivity index (χ1n) is 8.00. The smallest absolute Gasteiger partial charge is 0.244 e. The van der Waals surface area contributed by atoms with E-state index in [4.69, 9.17) is 16.3 Å². The number of hydrogen-bond donors (Lipinski definition) is 0. The average Bonchev–Trinajstić information content (AvgIpc) is 2.61. The fraction of sp³-hybridized carbons (Fsp3) is 0.333. The lowest BCUT2D eigenvalue weighted by Gasteiger charge is -2.31. The van der Waals surface area contributed by atoms with Gasteiger partial charge in [0, 0.05) is 13.1 Å². The summed E-state index contributed by atoms with van der Waals surface area (Å²) in [6.45, 7) is 1.61. The molecular weight excluding hydrogens is 346 g/mol. The molecule has 0 spiro atoms. The third kappa shape index (κ3) is 3.91. The van der Waals surface area contributed by atoms with Gasteiger partial charge in [-0.1, -0.05) is 41.9 Å². The van der Waals surface area contributed by atoms with Crippen LogP contribution in [0.25, 0.3) is 0 Å². The molecular formula is C18H20ClNO3S. The lowest BCUT2D eigenvalue weighted by Crippen LogP contribution is -2.39. The lowest BCUT2D eigenvalue weighted by atomic mass is 9.99. The van der Waals surface area contributed by atoms with Crippen molar-refractivity contribution in [2.45, 2.75) is 17.7 Å². The number of nitrogens with zero attached hydrogens (tertiary/aromatic N) is 1. The van der Waals surface area contributed by atoms with Crippen LogP contribution < -0.4 is 4.74 Å². The van der Waals surface area contributed by atoms with Crippen LogP contribution >= 0.6 is 11.6 Å². The Kier molecular flexibility index (Phi) is 5.43. The van der Waals surface area contributed by atoms with Gasteiger partial charge in [-0.2, -0.15) is 4.31 Å². The Bertz CT molecular complexity index is 772. The van der Waals surface area contributed by atoms with Crippen LogP contribution in [0.3, 0.4) is 0 Å². The normalized spacial score (nSPS) is 16.9. The molecule has 0 saturated carbocycles. The first kappa shape index (κ1) is 17.3. The monoisotopic (exact) mass is 365 g/mol. The minimum Gasteiger partial charge on any atom is -0.493 e. The molecule has 2 aromatic carbocycles. The van der Waals surface area contributed by atoms with E-state index in [9.17, 15) is 8.42 Å². The maximum atomic E-state index is 12.7. The van der Waals surface area contributed by atoms with Gasteiger partial charge in [-0.15, -0.1) is 0 Å². The number of piperidine rings is 1. The number of para-hydroxylation sites is 1. The van der Waals surface area contributed by atoms with Crippen LogP contribution in [0.4, 0.5) is 0 Å². The van der Waals surface area contributed by atoms with Gasteiger partial charge in [0.1, 0.15) is 10.6 Å². The summed E-state index contributed by atoms with van der Waals surface area (Å²) in [5, 5.41) is 0.270. The van der Waals surface area contributed by atoms with Crippen LogP contribution in [0.2, 0.25) is 5.02 Å². The predicted molar refractivity (Wildman–Crippen MR) is 94.9 cm³/mol. The van der Waals surface area contributed by atoms with E-state index in [1.165, 1.54) is 4.31 Å². The topological polar surface area (TPSA) is 46.6 Å². The maximum Gasteiger partial charge on any atom is 0.244 e. The number of rotatable bonds is 5. The second-order valence-corrected chi connectivity index (χ2v) is 8.22. The van der Waals surface area contributed by atoms with Gasteiger partial charge in [-0.05, 0) is 43.0 Å². The van der Waals surface area contributed by atoms with Gasteiger partial charge in [0.25, 0.3) is 0 Å². The highest BCUT2D eigenvalue weighted by Gasteiger charge is 2.30. The SMILES string of the molecule is O=S(=O)(c1ccccc1Cl)N1CCC(COc2ccccc2)CC1. The molecule has 128 valence electrons. The molecule has 0 radical (unpaired) electrons. The molecule has 1 heterocycles. The molecule has 1 fully saturated rings. The zero-order valence-corrected chi connectivity index (χ0v) is 14.8. The first-order chi connectivity index (χ1) is 11.6. The van der Waals surface area contributed by atoms with Crippen LogP contribution in [0, 0.1) is 5.92 Å². The van der Waals surface area contributed by atoms with Crippen molar-refractivity contribution in [1.29, 1.82) is 0 Å². The zero-order chi connectivity index (χ0) is 17.0. The number of benzene rings is 2. The molecule has 1 saturated heterocycles. The van der Waals surface area contributed by atoms with E-state index in [2.05, 4.69) is 0 Å². The predicted octanol–water partition coefficient (Wildman–Crippen LogP) is 3.82. The van der Waals surface area contributed by atoms with E-state index in [-0.39, 0.29) is 9.92 Å². The fourth-order valence-corrected chi connectivity index (χ4v) is 4.80. The van der Waals surface area contributed by atoms with Crippen LogP contribution in [-0.4, -0.2) is 32.4 Å². The highest BCUT2D eigenvalue weighted by molar-refractivity contribution is 7.89. The van der Waals surface area contributed by atoms with Gasteiger partial charge in [-0.3, -0.25) is 0 Å². The number of halogens is 1. The maximum absolute atomic E-state index is 12.7. The molecule has 6 heteroatoms. The molecule has 4 nitrogen and oxygen atoms in total. The van der Waals surface area contributed by atoms with E-state index < -0.39 is 10.0 Å². The first-order valence-corrected chi connectivity index (χ1v) is 9.82. The summed E-state index contributed by atoms with van der Waals surface area (Å²) in [6.07, 6.45) is 1.58. The van der Waals surface area contributed by atoms with Crippen molar-refractivity contribution in [2.24, 2.45) is 5.92 Å². The minimum atomic E-state index is -3.52. The summed E-state index contributed by atoms with van der Waals surface area (Å²) >= 11 is 6.05. The van der Waals surface area contributed by atoms with Crippen molar-refractivity contribution < 1.29 is 13.2 Å². The van der Waals surface area contributed by atoms with Crippen molar-refractivity contribution in [3.63, 3.8) is 0 Å². The largest absolute Gasteiger partial charge is 0.493 e. The third-order valence-electron chi connectivity index (χ3n) is 4.26. The van der Waals surface area contributed by atoms with Crippen molar-refractivity contribution >= 4 is 21.6 Å². The molecule has 0 atom stereocenters. The summed E-state index contributed by atoms with van der Waals surface area (Å²) in [4.78, 5) is 0.186. The van der Waals surface area contributed by atoms with E-state index in [1.54, 1.807) is 24.3 Å². The second kappa shape index (κ2) is 7.55. The third-order valence-corrected chi connectivity index (χ3v) is 6.66. The average molecular weight is 366 g/mol. The molecule has 1 aliphatic rings. The Morgan fingerprint density at radius 2 is 1.62 bits per heavy atom. The highest BCUT2D eigenvalue weighted by Crippen LogP contribution is 2.28.